The molecule has 1 heterocycles. The Morgan fingerprint density at radius 2 is 2.22 bits per heavy atom. The second-order valence-corrected chi connectivity index (χ2v) is 4.62. The number of nitrogens with one attached hydrogen (secondary N) is 1. The first-order valence-electron chi connectivity index (χ1n) is 5.67. The van der Waals surface area contributed by atoms with Crippen LogP contribution in [0.2, 0.25) is 0 Å². The predicted octanol–water partition coefficient (Wildman–Crippen LogP) is 2.74. The van der Waals surface area contributed by atoms with Crippen molar-refractivity contribution in [1.29, 1.82) is 0 Å². The number of halogens is 1. The van der Waals surface area contributed by atoms with Gasteiger partial charge in [0.25, 0.3) is 0 Å². The summed E-state index contributed by atoms with van der Waals surface area (Å²) in [6.07, 6.45) is 2.45. The maximum absolute atomic E-state index is 11.5. The first kappa shape index (κ1) is 13.4. The molecule has 0 radical (unpaired) electrons. The molecule has 18 heavy (non-hydrogen) atoms. The van der Waals surface area contributed by atoms with Gasteiger partial charge in [-0.25, -0.2) is 0 Å². The molecule has 1 amide bonds. The molecule has 1 N–H and O–H groups in total. The minimum absolute atomic E-state index is 0.0250. The van der Waals surface area contributed by atoms with Gasteiger partial charge in [0.2, 0.25) is 5.91 Å². The number of epoxide rings is 1. The Kier molecular flexibility index (Phi) is 5.00. The first-order chi connectivity index (χ1) is 8.78. The minimum Gasteiger partial charge on any atom is -0.491 e. The van der Waals surface area contributed by atoms with Crippen LogP contribution >= 0.6 is 22.6 Å². The summed E-state index contributed by atoms with van der Waals surface area (Å²) in [5.41, 5.74) is 0.775. The van der Waals surface area contributed by atoms with Crippen molar-refractivity contribution in [2.75, 3.05) is 18.5 Å². The van der Waals surface area contributed by atoms with Crippen LogP contribution in [-0.2, 0) is 9.53 Å². The maximum Gasteiger partial charge on any atom is 0.228 e. The lowest BCUT2D eigenvalue weighted by atomic mass is 10.3. The molecule has 1 fully saturated rings. The number of hydrogen-bond donors (Lipinski definition) is 1. The second-order valence-electron chi connectivity index (χ2n) is 3.90. The summed E-state index contributed by atoms with van der Waals surface area (Å²) in [6.45, 7) is 1.38. The Morgan fingerprint density at radius 1 is 1.50 bits per heavy atom. The lowest BCUT2D eigenvalue weighted by Crippen LogP contribution is -2.10. The van der Waals surface area contributed by atoms with Crippen molar-refractivity contribution < 1.29 is 14.3 Å². The Balaban J connectivity index is 1.80. The Hall–Kier alpha value is -1.08. The summed E-state index contributed by atoms with van der Waals surface area (Å²) in [4.78, 5) is 11.5. The van der Waals surface area contributed by atoms with Crippen molar-refractivity contribution in [3.63, 3.8) is 0 Å². The van der Waals surface area contributed by atoms with Crippen LogP contribution in [0.1, 0.15) is 6.42 Å². The summed E-state index contributed by atoms with van der Waals surface area (Å²) < 4.78 is 12.4. The average molecular weight is 359 g/mol. The van der Waals surface area contributed by atoms with Gasteiger partial charge in [-0.05, 0) is 28.3 Å². The summed E-state index contributed by atoms with van der Waals surface area (Å²) in [5, 5.41) is 2.81. The van der Waals surface area contributed by atoms with E-state index in [1.807, 2.05) is 34.4 Å². The third-order valence-corrected chi connectivity index (χ3v) is 2.88. The van der Waals surface area contributed by atoms with E-state index in [9.17, 15) is 4.79 Å². The standard InChI is InChI=1S/C13H14INO3/c14-7-1-2-13(16)15-10-3-5-11(6-4-10)17-8-12-9-18-12/h1,3-7,12H,2,8-9H2,(H,15,16)/b7-1+. The molecule has 2 rings (SSSR count). The summed E-state index contributed by atoms with van der Waals surface area (Å²) >= 11 is 2.09. The molecule has 0 saturated carbocycles. The molecule has 96 valence electrons. The monoisotopic (exact) mass is 359 g/mol. The third-order valence-electron chi connectivity index (χ3n) is 2.37. The molecule has 1 unspecified atom stereocenters. The van der Waals surface area contributed by atoms with E-state index in [-0.39, 0.29) is 12.0 Å². The molecule has 5 heteroatoms. The predicted molar refractivity (Wildman–Crippen MR) is 78.1 cm³/mol. The molecule has 4 nitrogen and oxygen atoms in total. The summed E-state index contributed by atoms with van der Waals surface area (Å²) in [6, 6.07) is 7.34. The Morgan fingerprint density at radius 3 is 2.83 bits per heavy atom. The van der Waals surface area contributed by atoms with Crippen LogP contribution in [0.4, 0.5) is 5.69 Å². The number of ether oxygens (including phenoxy) is 2. The lowest BCUT2D eigenvalue weighted by molar-refractivity contribution is -0.115. The number of rotatable bonds is 6. The molecule has 1 aromatic carbocycles. The van der Waals surface area contributed by atoms with Crippen LogP contribution in [0.15, 0.2) is 34.4 Å². The van der Waals surface area contributed by atoms with E-state index in [1.54, 1.807) is 0 Å². The van der Waals surface area contributed by atoms with Crippen LogP contribution in [-0.4, -0.2) is 25.2 Å². The van der Waals surface area contributed by atoms with Gasteiger partial charge in [0.1, 0.15) is 18.5 Å². The zero-order chi connectivity index (χ0) is 12.8. The number of amides is 1. The topological polar surface area (TPSA) is 50.9 Å². The number of anilines is 1. The largest absolute Gasteiger partial charge is 0.491 e. The van der Waals surface area contributed by atoms with Crippen LogP contribution in [0.3, 0.4) is 0 Å². The molecule has 1 saturated heterocycles. The van der Waals surface area contributed by atoms with Gasteiger partial charge in [-0.15, -0.1) is 0 Å². The quantitative estimate of drug-likeness (QED) is 0.628. The zero-order valence-corrected chi connectivity index (χ0v) is 11.9. The first-order valence-corrected chi connectivity index (χ1v) is 6.92. The van der Waals surface area contributed by atoms with Gasteiger partial charge in [0.15, 0.2) is 0 Å². The van der Waals surface area contributed by atoms with Gasteiger partial charge >= 0.3 is 0 Å². The molecule has 0 bridgehead atoms. The number of benzene rings is 1. The Labute approximate surface area is 119 Å². The van der Waals surface area contributed by atoms with E-state index in [1.165, 1.54) is 0 Å². The normalized spacial score (nSPS) is 17.7. The highest BCUT2D eigenvalue weighted by atomic mass is 127. The van der Waals surface area contributed by atoms with E-state index >= 15 is 0 Å². The highest BCUT2D eigenvalue weighted by molar-refractivity contribution is 14.1. The minimum atomic E-state index is -0.0250. The van der Waals surface area contributed by atoms with Gasteiger partial charge in [-0.1, -0.05) is 28.7 Å². The van der Waals surface area contributed by atoms with E-state index in [0.717, 1.165) is 18.0 Å². The van der Waals surface area contributed by atoms with E-state index in [0.29, 0.717) is 13.0 Å². The van der Waals surface area contributed by atoms with Crippen LogP contribution in [0, 0.1) is 0 Å². The SMILES string of the molecule is O=C(C/C=C/I)Nc1ccc(OCC2CO2)cc1. The molecule has 1 atom stereocenters. The summed E-state index contributed by atoms with van der Waals surface area (Å²) in [7, 11) is 0. The number of carbonyl (C=O) groups is 1. The maximum atomic E-state index is 11.5. The van der Waals surface area contributed by atoms with Crippen LogP contribution < -0.4 is 10.1 Å². The fraction of sp³-hybridized carbons (Fsp3) is 0.308. The van der Waals surface area contributed by atoms with E-state index in [2.05, 4.69) is 27.9 Å². The third kappa shape index (κ3) is 4.66. The highest BCUT2D eigenvalue weighted by Gasteiger charge is 2.22. The van der Waals surface area contributed by atoms with E-state index in [4.69, 9.17) is 9.47 Å². The summed E-state index contributed by atoms with van der Waals surface area (Å²) in [5.74, 6) is 0.763. The number of hydrogen-bond acceptors (Lipinski definition) is 3. The fourth-order valence-corrected chi connectivity index (χ4v) is 1.61. The molecule has 0 aliphatic carbocycles. The second kappa shape index (κ2) is 6.75. The van der Waals surface area contributed by atoms with Crippen molar-refractivity contribution >= 4 is 34.2 Å². The van der Waals surface area contributed by atoms with Crippen molar-refractivity contribution in [3.8, 4) is 5.75 Å². The van der Waals surface area contributed by atoms with Crippen molar-refractivity contribution in [3.05, 3.63) is 34.4 Å². The fourth-order valence-electron chi connectivity index (χ4n) is 1.35. The average Bonchev–Trinajstić information content (AvgIpc) is 3.20. The van der Waals surface area contributed by atoms with Crippen LogP contribution in [0.5, 0.6) is 5.75 Å². The smallest absolute Gasteiger partial charge is 0.228 e. The molecule has 1 aromatic rings. The van der Waals surface area contributed by atoms with Gasteiger partial charge in [-0.3, -0.25) is 4.79 Å². The highest BCUT2D eigenvalue weighted by Crippen LogP contribution is 2.18. The molecular weight excluding hydrogens is 345 g/mol. The van der Waals surface area contributed by atoms with Gasteiger partial charge in [-0.2, -0.15) is 0 Å². The van der Waals surface area contributed by atoms with Gasteiger partial charge in [0.05, 0.1) is 6.61 Å². The van der Waals surface area contributed by atoms with Crippen LogP contribution in [0.25, 0.3) is 0 Å². The Bertz CT molecular complexity index is 426. The molecular formula is C13H14INO3. The van der Waals surface area contributed by atoms with Crippen molar-refractivity contribution in [1.82, 2.24) is 0 Å². The molecule has 0 spiro atoms. The zero-order valence-electron chi connectivity index (χ0n) is 9.77. The molecule has 1 aliphatic rings. The number of carbonyl (C=O) groups excluding carboxylic acids is 1. The van der Waals surface area contributed by atoms with Gasteiger partial charge < -0.3 is 14.8 Å². The van der Waals surface area contributed by atoms with Crippen molar-refractivity contribution in [2.45, 2.75) is 12.5 Å². The lowest BCUT2D eigenvalue weighted by Gasteiger charge is -2.06. The van der Waals surface area contributed by atoms with E-state index < -0.39 is 0 Å². The van der Waals surface area contributed by atoms with Crippen molar-refractivity contribution in [2.24, 2.45) is 0 Å². The molecule has 1 aliphatic heterocycles. The van der Waals surface area contributed by atoms with Gasteiger partial charge in [0, 0.05) is 12.1 Å². The molecule has 0 aromatic heterocycles.